The summed E-state index contributed by atoms with van der Waals surface area (Å²) < 4.78 is 6.09. The second-order valence-corrected chi connectivity index (χ2v) is 6.55. The zero-order valence-electron chi connectivity index (χ0n) is 11.6. The summed E-state index contributed by atoms with van der Waals surface area (Å²) in [7, 11) is 0. The van der Waals surface area contributed by atoms with Gasteiger partial charge in [-0.05, 0) is 30.6 Å². The van der Waals surface area contributed by atoms with Crippen molar-refractivity contribution in [2.45, 2.75) is 46.1 Å². The van der Waals surface area contributed by atoms with Crippen LogP contribution in [0.4, 0.5) is 0 Å². The highest BCUT2D eigenvalue weighted by atomic mass is 35.5. The van der Waals surface area contributed by atoms with Crippen LogP contribution in [0.1, 0.15) is 40.0 Å². The van der Waals surface area contributed by atoms with E-state index in [4.69, 9.17) is 27.9 Å². The smallest absolute Gasteiger partial charge is 0.193 e. The molecule has 1 aliphatic carbocycles. The number of aromatic nitrogens is 2. The summed E-state index contributed by atoms with van der Waals surface area (Å²) in [6, 6.07) is 1.65. The minimum atomic E-state index is 0.182. The molecule has 3 nitrogen and oxygen atoms in total. The van der Waals surface area contributed by atoms with Crippen LogP contribution in [0.5, 0.6) is 5.75 Å². The number of nitrogens with zero attached hydrogens (tertiary/aromatic N) is 2. The Labute approximate surface area is 124 Å². The molecule has 0 amide bonds. The van der Waals surface area contributed by atoms with E-state index >= 15 is 0 Å². The fourth-order valence-corrected chi connectivity index (χ4v) is 3.11. The lowest BCUT2D eigenvalue weighted by atomic mass is 9.75. The number of hydrogen-bond donors (Lipinski definition) is 0. The largest absolute Gasteiger partial charge is 0.487 e. The maximum atomic E-state index is 6.09. The summed E-state index contributed by atoms with van der Waals surface area (Å²) in [5.74, 6) is 2.39. The molecule has 1 fully saturated rings. The lowest BCUT2D eigenvalue weighted by Crippen LogP contribution is -2.36. The molecule has 1 aliphatic rings. The molecule has 0 N–H and O–H groups in total. The van der Waals surface area contributed by atoms with Crippen LogP contribution in [0.3, 0.4) is 0 Å². The van der Waals surface area contributed by atoms with E-state index in [1.165, 1.54) is 12.8 Å². The van der Waals surface area contributed by atoms with Crippen molar-refractivity contribution >= 4 is 23.2 Å². The number of hydrogen-bond acceptors (Lipinski definition) is 3. The Morgan fingerprint density at radius 2 is 2.00 bits per heavy atom. The predicted octanol–water partition coefficient (Wildman–Crippen LogP) is 4.62. The van der Waals surface area contributed by atoms with Gasteiger partial charge in [-0.25, -0.2) is 0 Å². The van der Waals surface area contributed by atoms with Crippen LogP contribution in [0.2, 0.25) is 10.3 Å². The highest BCUT2D eigenvalue weighted by Crippen LogP contribution is 2.37. The van der Waals surface area contributed by atoms with Gasteiger partial charge in [0, 0.05) is 6.07 Å². The molecule has 3 unspecified atom stereocenters. The predicted molar refractivity (Wildman–Crippen MR) is 77.8 cm³/mol. The van der Waals surface area contributed by atoms with Crippen molar-refractivity contribution in [3.8, 4) is 5.75 Å². The monoisotopic (exact) mass is 302 g/mol. The minimum absolute atomic E-state index is 0.182. The third-order valence-electron chi connectivity index (χ3n) is 3.93. The fraction of sp³-hybridized carbons (Fsp3) is 0.714. The van der Waals surface area contributed by atoms with Crippen molar-refractivity contribution in [2.24, 2.45) is 17.8 Å². The highest BCUT2D eigenvalue weighted by Gasteiger charge is 2.32. The molecule has 2 rings (SSSR count). The molecule has 1 saturated carbocycles. The first kappa shape index (κ1) is 14.9. The van der Waals surface area contributed by atoms with Crippen molar-refractivity contribution in [2.75, 3.05) is 0 Å². The molecule has 1 aromatic rings. The summed E-state index contributed by atoms with van der Waals surface area (Å²) in [5.41, 5.74) is 0. The Bertz CT molecular complexity index is 439. The molecule has 5 heteroatoms. The maximum absolute atomic E-state index is 6.09. The number of rotatable bonds is 3. The van der Waals surface area contributed by atoms with Crippen molar-refractivity contribution in [1.29, 1.82) is 0 Å². The van der Waals surface area contributed by atoms with E-state index in [9.17, 15) is 0 Å². The summed E-state index contributed by atoms with van der Waals surface area (Å²) in [4.78, 5) is 0. The summed E-state index contributed by atoms with van der Waals surface area (Å²) in [6.45, 7) is 6.76. The quantitative estimate of drug-likeness (QED) is 0.817. The molecule has 0 aromatic carbocycles. The maximum Gasteiger partial charge on any atom is 0.193 e. The molecule has 0 spiro atoms. The van der Waals surface area contributed by atoms with Crippen molar-refractivity contribution in [3.05, 3.63) is 16.4 Å². The van der Waals surface area contributed by atoms with Gasteiger partial charge in [0.15, 0.2) is 16.1 Å². The Hall–Kier alpha value is -0.540. The molecule has 3 atom stereocenters. The summed E-state index contributed by atoms with van der Waals surface area (Å²) >= 11 is 11.9. The van der Waals surface area contributed by atoms with Gasteiger partial charge in [0.1, 0.15) is 6.10 Å². The molecule has 19 heavy (non-hydrogen) atoms. The van der Waals surface area contributed by atoms with Gasteiger partial charge in [0.2, 0.25) is 0 Å². The van der Waals surface area contributed by atoms with Gasteiger partial charge in [-0.1, -0.05) is 50.4 Å². The molecule has 1 heterocycles. The van der Waals surface area contributed by atoms with Crippen molar-refractivity contribution in [1.82, 2.24) is 10.2 Å². The van der Waals surface area contributed by atoms with Crippen LogP contribution in [0.25, 0.3) is 0 Å². The fourth-order valence-electron chi connectivity index (χ4n) is 2.83. The van der Waals surface area contributed by atoms with E-state index in [0.29, 0.717) is 28.7 Å². The third kappa shape index (κ3) is 3.73. The molecule has 1 aromatic heterocycles. The van der Waals surface area contributed by atoms with Gasteiger partial charge >= 0.3 is 0 Å². The van der Waals surface area contributed by atoms with Crippen molar-refractivity contribution in [3.63, 3.8) is 0 Å². The Kier molecular flexibility index (Phi) is 4.91. The molecule has 0 bridgehead atoms. The van der Waals surface area contributed by atoms with Crippen LogP contribution >= 0.6 is 23.2 Å². The average Bonchev–Trinajstić information content (AvgIpc) is 2.33. The lowest BCUT2D eigenvalue weighted by Gasteiger charge is -2.37. The Balaban J connectivity index is 2.16. The molecule has 0 aliphatic heterocycles. The van der Waals surface area contributed by atoms with Gasteiger partial charge in [-0.3, -0.25) is 0 Å². The van der Waals surface area contributed by atoms with E-state index in [1.54, 1.807) is 6.07 Å². The van der Waals surface area contributed by atoms with Gasteiger partial charge in [0.05, 0.1) is 0 Å². The Morgan fingerprint density at radius 3 is 2.68 bits per heavy atom. The SMILES string of the molecule is CC1CCC(C(C)C)C(Oc2cc(Cl)nnc2Cl)C1. The van der Waals surface area contributed by atoms with Crippen LogP contribution in [0.15, 0.2) is 6.07 Å². The molecule has 0 radical (unpaired) electrons. The van der Waals surface area contributed by atoms with E-state index in [-0.39, 0.29) is 11.3 Å². The Morgan fingerprint density at radius 1 is 1.26 bits per heavy atom. The van der Waals surface area contributed by atoms with Crippen LogP contribution in [0, 0.1) is 17.8 Å². The highest BCUT2D eigenvalue weighted by molar-refractivity contribution is 6.32. The van der Waals surface area contributed by atoms with Gasteiger partial charge < -0.3 is 4.74 Å². The average molecular weight is 303 g/mol. The third-order valence-corrected chi connectivity index (χ3v) is 4.37. The standard InChI is InChI=1S/C14H20Cl2N2O/c1-8(2)10-5-4-9(3)6-11(10)19-12-7-13(15)17-18-14(12)16/h7-11H,4-6H2,1-3H3. The van der Waals surface area contributed by atoms with Gasteiger partial charge in [-0.15, -0.1) is 10.2 Å². The van der Waals surface area contributed by atoms with Crippen molar-refractivity contribution < 1.29 is 4.74 Å². The second-order valence-electron chi connectivity index (χ2n) is 5.80. The first-order chi connectivity index (χ1) is 8.97. The molecule has 106 valence electrons. The minimum Gasteiger partial charge on any atom is -0.487 e. The van der Waals surface area contributed by atoms with E-state index in [1.807, 2.05) is 0 Å². The zero-order valence-corrected chi connectivity index (χ0v) is 13.1. The van der Waals surface area contributed by atoms with Gasteiger partial charge in [0.25, 0.3) is 0 Å². The summed E-state index contributed by atoms with van der Waals surface area (Å²) in [5, 5.41) is 8.09. The van der Waals surface area contributed by atoms with Crippen LogP contribution < -0.4 is 4.74 Å². The first-order valence-corrected chi connectivity index (χ1v) is 7.58. The van der Waals surface area contributed by atoms with E-state index < -0.39 is 0 Å². The van der Waals surface area contributed by atoms with Crippen LogP contribution in [-0.2, 0) is 0 Å². The first-order valence-electron chi connectivity index (χ1n) is 6.82. The van der Waals surface area contributed by atoms with E-state index in [0.717, 1.165) is 6.42 Å². The van der Waals surface area contributed by atoms with Crippen LogP contribution in [-0.4, -0.2) is 16.3 Å². The lowest BCUT2D eigenvalue weighted by molar-refractivity contribution is 0.0457. The second kappa shape index (κ2) is 6.27. The molecular weight excluding hydrogens is 283 g/mol. The molecular formula is C14H20Cl2N2O. The van der Waals surface area contributed by atoms with Gasteiger partial charge in [-0.2, -0.15) is 0 Å². The number of ether oxygens (including phenoxy) is 1. The molecule has 0 saturated heterocycles. The summed E-state index contributed by atoms with van der Waals surface area (Å²) in [6.07, 6.45) is 3.71. The number of halogens is 2. The normalized spacial score (nSPS) is 27.6. The topological polar surface area (TPSA) is 35.0 Å². The van der Waals surface area contributed by atoms with E-state index in [2.05, 4.69) is 31.0 Å². The zero-order chi connectivity index (χ0) is 14.0.